The number of hydrogen-bond donors (Lipinski definition) is 3. The van der Waals surface area contributed by atoms with Gasteiger partial charge in [0.1, 0.15) is 0 Å². The van der Waals surface area contributed by atoms with Crippen LogP contribution in [0.5, 0.6) is 0 Å². The Morgan fingerprint density at radius 2 is 2.22 bits per heavy atom. The number of nitrogens with zero attached hydrogens (tertiary/aromatic N) is 4. The highest BCUT2D eigenvalue weighted by Crippen LogP contribution is 2.17. The van der Waals surface area contributed by atoms with Crippen molar-refractivity contribution in [2.24, 2.45) is 12.9 Å². The molecule has 0 aliphatic carbocycles. The molecule has 1 amide bonds. The fourth-order valence-electron chi connectivity index (χ4n) is 1.48. The Morgan fingerprint density at radius 1 is 1.44 bits per heavy atom. The molecule has 1 aromatic heterocycles. The summed E-state index contributed by atoms with van der Waals surface area (Å²) in [6, 6.07) is 5.27. The van der Waals surface area contributed by atoms with Crippen molar-refractivity contribution in [3.05, 3.63) is 29.3 Å². The average Bonchev–Trinajstić information content (AvgIpc) is 2.74. The van der Waals surface area contributed by atoms with Crippen molar-refractivity contribution in [2.75, 3.05) is 10.7 Å². The number of carbonyl (C=O) groups is 1. The SMILES string of the molecule is Cc1ccc(C(=O)Nc2nnn(C)n2)c(NN)c1. The van der Waals surface area contributed by atoms with Crippen LogP contribution in [-0.2, 0) is 7.05 Å². The third-order valence-electron chi connectivity index (χ3n) is 2.31. The van der Waals surface area contributed by atoms with Crippen molar-refractivity contribution in [2.45, 2.75) is 6.92 Å². The number of nitrogens with two attached hydrogens (primary N) is 1. The number of hydrazine groups is 1. The van der Waals surface area contributed by atoms with E-state index in [0.29, 0.717) is 11.3 Å². The Balaban J connectivity index is 2.23. The summed E-state index contributed by atoms with van der Waals surface area (Å²) in [5.41, 5.74) is 4.43. The fraction of sp³-hybridized carbons (Fsp3) is 0.200. The zero-order chi connectivity index (χ0) is 13.1. The Labute approximate surface area is 103 Å². The second-order valence-electron chi connectivity index (χ2n) is 3.75. The molecule has 0 aliphatic heterocycles. The van der Waals surface area contributed by atoms with Crippen LogP contribution in [0.3, 0.4) is 0 Å². The maximum Gasteiger partial charge on any atom is 0.270 e. The molecule has 4 N–H and O–H groups in total. The average molecular weight is 247 g/mol. The monoisotopic (exact) mass is 247 g/mol. The number of carbonyl (C=O) groups excluding carboxylic acids is 1. The molecule has 0 aliphatic rings. The van der Waals surface area contributed by atoms with Gasteiger partial charge in [-0.2, -0.15) is 4.80 Å². The largest absolute Gasteiger partial charge is 0.323 e. The van der Waals surface area contributed by atoms with Gasteiger partial charge in [-0.1, -0.05) is 11.2 Å². The number of aryl methyl sites for hydroxylation is 2. The van der Waals surface area contributed by atoms with Gasteiger partial charge in [0.05, 0.1) is 18.3 Å². The second-order valence-corrected chi connectivity index (χ2v) is 3.75. The van der Waals surface area contributed by atoms with Gasteiger partial charge in [-0.25, -0.2) is 0 Å². The van der Waals surface area contributed by atoms with Crippen molar-refractivity contribution in [3.63, 3.8) is 0 Å². The molecular weight excluding hydrogens is 234 g/mol. The Bertz CT molecular complexity index is 577. The van der Waals surface area contributed by atoms with Crippen molar-refractivity contribution >= 4 is 17.5 Å². The first kappa shape index (κ1) is 12.0. The highest BCUT2D eigenvalue weighted by molar-refractivity contribution is 6.07. The number of nitrogen functional groups attached to an aromatic ring is 1. The van der Waals surface area contributed by atoms with Gasteiger partial charge in [-0.15, -0.1) is 5.10 Å². The zero-order valence-electron chi connectivity index (χ0n) is 10.0. The molecule has 0 spiro atoms. The number of rotatable bonds is 3. The molecule has 1 aromatic carbocycles. The number of benzene rings is 1. The Morgan fingerprint density at radius 3 is 2.83 bits per heavy atom. The molecule has 0 atom stereocenters. The molecular formula is C10H13N7O. The lowest BCUT2D eigenvalue weighted by Gasteiger charge is -2.08. The van der Waals surface area contributed by atoms with E-state index in [1.807, 2.05) is 13.0 Å². The molecule has 18 heavy (non-hydrogen) atoms. The lowest BCUT2D eigenvalue weighted by Crippen LogP contribution is -2.18. The topological polar surface area (TPSA) is 111 Å². The van der Waals surface area contributed by atoms with E-state index in [0.717, 1.165) is 5.56 Å². The van der Waals surface area contributed by atoms with E-state index in [9.17, 15) is 4.79 Å². The molecule has 0 unspecified atom stereocenters. The van der Waals surface area contributed by atoms with Crippen LogP contribution in [0, 0.1) is 6.92 Å². The first-order chi connectivity index (χ1) is 8.60. The Kier molecular flexibility index (Phi) is 3.20. The summed E-state index contributed by atoms with van der Waals surface area (Å²) in [4.78, 5) is 13.2. The third-order valence-corrected chi connectivity index (χ3v) is 2.31. The van der Waals surface area contributed by atoms with Gasteiger partial charge in [0.15, 0.2) is 0 Å². The molecule has 2 aromatic rings. The summed E-state index contributed by atoms with van der Waals surface area (Å²) in [5, 5.41) is 13.7. The van der Waals surface area contributed by atoms with Gasteiger partial charge >= 0.3 is 0 Å². The smallest absolute Gasteiger partial charge is 0.270 e. The Hall–Kier alpha value is -2.48. The predicted octanol–water partition coefficient (Wildman–Crippen LogP) is 0.0564. The van der Waals surface area contributed by atoms with E-state index in [1.54, 1.807) is 19.2 Å². The molecule has 2 rings (SSSR count). The maximum absolute atomic E-state index is 12.0. The summed E-state index contributed by atoms with van der Waals surface area (Å²) >= 11 is 0. The zero-order valence-corrected chi connectivity index (χ0v) is 10.0. The lowest BCUT2D eigenvalue weighted by atomic mass is 10.1. The van der Waals surface area contributed by atoms with Crippen LogP contribution < -0.4 is 16.6 Å². The molecule has 94 valence electrons. The standard InChI is InChI=1S/C10H13N7O/c1-6-3-4-7(8(5-6)13-11)9(18)12-10-14-16-17(2)15-10/h3-5,13H,11H2,1-2H3,(H,12,15,18). The number of aromatic nitrogens is 4. The van der Waals surface area contributed by atoms with Crippen LogP contribution >= 0.6 is 0 Å². The van der Waals surface area contributed by atoms with Crippen LogP contribution in [0.4, 0.5) is 11.6 Å². The van der Waals surface area contributed by atoms with Crippen molar-refractivity contribution in [1.29, 1.82) is 0 Å². The predicted molar refractivity (Wildman–Crippen MR) is 65.7 cm³/mol. The molecule has 0 fully saturated rings. The minimum absolute atomic E-state index is 0.144. The van der Waals surface area contributed by atoms with E-state index in [2.05, 4.69) is 26.2 Å². The van der Waals surface area contributed by atoms with Crippen LogP contribution in [-0.4, -0.2) is 26.1 Å². The molecule has 8 nitrogen and oxygen atoms in total. The van der Waals surface area contributed by atoms with Gasteiger partial charge < -0.3 is 5.43 Å². The van der Waals surface area contributed by atoms with E-state index in [4.69, 9.17) is 5.84 Å². The summed E-state index contributed by atoms with van der Waals surface area (Å²) in [6.45, 7) is 1.91. The normalized spacial score (nSPS) is 10.2. The minimum Gasteiger partial charge on any atom is -0.323 e. The van der Waals surface area contributed by atoms with E-state index in [-0.39, 0.29) is 11.9 Å². The van der Waals surface area contributed by atoms with E-state index >= 15 is 0 Å². The van der Waals surface area contributed by atoms with E-state index < -0.39 is 0 Å². The van der Waals surface area contributed by atoms with Gasteiger partial charge in [0.2, 0.25) is 0 Å². The van der Waals surface area contributed by atoms with Crippen molar-refractivity contribution in [1.82, 2.24) is 20.2 Å². The first-order valence-corrected chi connectivity index (χ1v) is 5.23. The quantitative estimate of drug-likeness (QED) is 0.522. The van der Waals surface area contributed by atoms with Gasteiger partial charge in [0.25, 0.3) is 11.9 Å². The molecule has 0 saturated carbocycles. The van der Waals surface area contributed by atoms with Gasteiger partial charge in [0, 0.05) is 0 Å². The third kappa shape index (κ3) is 2.43. The van der Waals surface area contributed by atoms with Crippen LogP contribution in [0.25, 0.3) is 0 Å². The van der Waals surface area contributed by atoms with Gasteiger partial charge in [-0.05, 0) is 29.8 Å². The summed E-state index contributed by atoms with van der Waals surface area (Å²) in [7, 11) is 1.61. The number of tetrazole rings is 1. The van der Waals surface area contributed by atoms with Crippen LogP contribution in [0.2, 0.25) is 0 Å². The number of anilines is 2. The number of hydrogen-bond acceptors (Lipinski definition) is 6. The second kappa shape index (κ2) is 4.80. The van der Waals surface area contributed by atoms with E-state index in [1.165, 1.54) is 4.80 Å². The van der Waals surface area contributed by atoms with Crippen molar-refractivity contribution < 1.29 is 4.79 Å². The van der Waals surface area contributed by atoms with Gasteiger partial charge in [-0.3, -0.25) is 16.0 Å². The highest BCUT2D eigenvalue weighted by Gasteiger charge is 2.13. The highest BCUT2D eigenvalue weighted by atomic mass is 16.1. The minimum atomic E-state index is -0.351. The number of amides is 1. The molecule has 0 saturated heterocycles. The summed E-state index contributed by atoms with van der Waals surface area (Å²) < 4.78 is 0. The number of nitrogens with one attached hydrogen (secondary N) is 2. The molecule has 0 bridgehead atoms. The lowest BCUT2D eigenvalue weighted by molar-refractivity contribution is 0.102. The van der Waals surface area contributed by atoms with Crippen LogP contribution in [0.15, 0.2) is 18.2 Å². The van der Waals surface area contributed by atoms with Crippen molar-refractivity contribution in [3.8, 4) is 0 Å². The first-order valence-electron chi connectivity index (χ1n) is 5.23. The molecule has 0 radical (unpaired) electrons. The maximum atomic E-state index is 12.0. The van der Waals surface area contributed by atoms with Crippen LogP contribution in [0.1, 0.15) is 15.9 Å². The summed E-state index contributed by atoms with van der Waals surface area (Å²) in [5.74, 6) is 5.17. The summed E-state index contributed by atoms with van der Waals surface area (Å²) in [6.07, 6.45) is 0. The molecule has 1 heterocycles. The molecule has 8 heteroatoms. The fourth-order valence-corrected chi connectivity index (χ4v) is 1.48.